The zero-order valence-corrected chi connectivity index (χ0v) is 14.2. The van der Waals surface area contributed by atoms with Gasteiger partial charge in [0.25, 0.3) is 0 Å². The Hall–Kier alpha value is -0.520. The van der Waals surface area contributed by atoms with Crippen molar-refractivity contribution in [1.82, 2.24) is 10.2 Å². The van der Waals surface area contributed by atoms with Crippen LogP contribution in [0.4, 0.5) is 0 Å². The molecule has 2 aliphatic rings. The summed E-state index contributed by atoms with van der Waals surface area (Å²) in [6, 6.07) is 2.15. The highest BCUT2D eigenvalue weighted by Crippen LogP contribution is 2.32. The van der Waals surface area contributed by atoms with Crippen LogP contribution >= 0.6 is 23.1 Å². The van der Waals surface area contributed by atoms with Crippen LogP contribution in [0, 0.1) is 0 Å². The minimum Gasteiger partial charge on any atom is -0.320 e. The molecule has 1 N–H and O–H groups in total. The fourth-order valence-corrected chi connectivity index (χ4v) is 5.23. The summed E-state index contributed by atoms with van der Waals surface area (Å²) >= 11 is 3.75. The Morgan fingerprint density at radius 2 is 2.33 bits per heavy atom. The van der Waals surface area contributed by atoms with Crippen molar-refractivity contribution in [2.45, 2.75) is 56.5 Å². The minimum atomic E-state index is 0.00786. The maximum Gasteiger partial charge on any atom is 0.241 e. The summed E-state index contributed by atoms with van der Waals surface area (Å²) in [5.41, 5.74) is 1.24. The molecule has 5 heteroatoms. The van der Waals surface area contributed by atoms with Crippen LogP contribution in [0.2, 0.25) is 0 Å². The SMILES string of the molecule is CCCC1NC(c2ccsc2)N(CC2CCCCS2)C1=O. The first-order valence-corrected chi connectivity index (χ1v) is 9.99. The molecule has 3 rings (SSSR count). The molecule has 2 aliphatic heterocycles. The number of carbonyl (C=O) groups is 1. The van der Waals surface area contributed by atoms with Crippen molar-refractivity contribution in [3.05, 3.63) is 22.4 Å². The number of hydrogen-bond donors (Lipinski definition) is 1. The summed E-state index contributed by atoms with van der Waals surface area (Å²) in [5, 5.41) is 8.44. The van der Waals surface area contributed by atoms with Gasteiger partial charge in [0.1, 0.15) is 6.17 Å². The van der Waals surface area contributed by atoms with Crippen LogP contribution in [0.3, 0.4) is 0 Å². The van der Waals surface area contributed by atoms with Gasteiger partial charge in [0.2, 0.25) is 5.91 Å². The Morgan fingerprint density at radius 1 is 1.43 bits per heavy atom. The van der Waals surface area contributed by atoms with E-state index < -0.39 is 0 Å². The van der Waals surface area contributed by atoms with Gasteiger partial charge < -0.3 is 4.90 Å². The number of thioether (sulfide) groups is 1. The predicted molar refractivity (Wildman–Crippen MR) is 90.7 cm³/mol. The lowest BCUT2D eigenvalue weighted by Gasteiger charge is -2.30. The van der Waals surface area contributed by atoms with E-state index in [1.165, 1.54) is 30.6 Å². The van der Waals surface area contributed by atoms with Gasteiger partial charge in [0.15, 0.2) is 0 Å². The van der Waals surface area contributed by atoms with E-state index in [1.807, 2.05) is 11.8 Å². The molecule has 0 radical (unpaired) electrons. The van der Waals surface area contributed by atoms with E-state index in [0.717, 1.165) is 19.4 Å². The first-order valence-electron chi connectivity index (χ1n) is 8.00. The number of nitrogens with zero attached hydrogens (tertiary/aromatic N) is 1. The third-order valence-corrected chi connectivity index (χ3v) is 6.44. The van der Waals surface area contributed by atoms with Gasteiger partial charge in [0.05, 0.1) is 6.04 Å². The van der Waals surface area contributed by atoms with E-state index in [-0.39, 0.29) is 12.2 Å². The predicted octanol–water partition coefficient (Wildman–Crippen LogP) is 3.63. The minimum absolute atomic E-state index is 0.00786. The quantitative estimate of drug-likeness (QED) is 0.897. The molecule has 2 saturated heterocycles. The smallest absolute Gasteiger partial charge is 0.241 e. The lowest BCUT2D eigenvalue weighted by molar-refractivity contribution is -0.130. The van der Waals surface area contributed by atoms with Crippen LogP contribution in [0.15, 0.2) is 16.8 Å². The Bertz CT molecular complexity index is 457. The highest BCUT2D eigenvalue weighted by atomic mass is 32.2. The second-order valence-corrected chi connectivity index (χ2v) is 8.13. The number of amides is 1. The highest BCUT2D eigenvalue weighted by Gasteiger charge is 2.40. The van der Waals surface area contributed by atoms with Crippen LogP contribution in [-0.4, -0.2) is 34.4 Å². The highest BCUT2D eigenvalue weighted by molar-refractivity contribution is 7.99. The molecule has 0 bridgehead atoms. The fraction of sp³-hybridized carbons (Fsp3) is 0.688. The summed E-state index contributed by atoms with van der Waals surface area (Å²) in [6.45, 7) is 3.05. The lowest BCUT2D eigenvalue weighted by atomic mass is 10.1. The first kappa shape index (κ1) is 15.4. The molecular weight excluding hydrogens is 300 g/mol. The maximum atomic E-state index is 12.7. The Morgan fingerprint density at radius 3 is 3.00 bits per heavy atom. The van der Waals surface area contributed by atoms with E-state index in [1.54, 1.807) is 11.3 Å². The molecule has 3 heterocycles. The zero-order valence-electron chi connectivity index (χ0n) is 12.6. The Labute approximate surface area is 135 Å². The van der Waals surface area contributed by atoms with Crippen molar-refractivity contribution in [2.75, 3.05) is 12.3 Å². The van der Waals surface area contributed by atoms with Crippen LogP contribution in [0.1, 0.15) is 50.8 Å². The monoisotopic (exact) mass is 324 g/mol. The molecule has 1 aromatic heterocycles. The summed E-state index contributed by atoms with van der Waals surface area (Å²) in [4.78, 5) is 14.8. The van der Waals surface area contributed by atoms with Crippen molar-refractivity contribution < 1.29 is 4.79 Å². The largest absolute Gasteiger partial charge is 0.320 e. The van der Waals surface area contributed by atoms with Crippen LogP contribution in [0.5, 0.6) is 0 Å². The molecule has 1 amide bonds. The third-order valence-electron chi connectivity index (χ3n) is 4.36. The number of hydrogen-bond acceptors (Lipinski definition) is 4. The van der Waals surface area contributed by atoms with E-state index in [9.17, 15) is 4.79 Å². The van der Waals surface area contributed by atoms with Crippen molar-refractivity contribution >= 4 is 29.0 Å². The summed E-state index contributed by atoms with van der Waals surface area (Å²) in [6.07, 6.45) is 5.97. The van der Waals surface area contributed by atoms with Gasteiger partial charge in [-0.3, -0.25) is 10.1 Å². The van der Waals surface area contributed by atoms with Crippen LogP contribution in [-0.2, 0) is 4.79 Å². The molecule has 1 aromatic rings. The second-order valence-electron chi connectivity index (χ2n) is 5.95. The average Bonchev–Trinajstić information content (AvgIpc) is 3.12. The van der Waals surface area contributed by atoms with Crippen LogP contribution < -0.4 is 5.32 Å². The standard InChI is InChI=1S/C16H24N2OS2/c1-2-5-14-16(19)18(10-13-6-3-4-8-21-13)15(17-14)12-7-9-20-11-12/h7,9,11,13-15,17H,2-6,8,10H2,1H3. The molecule has 21 heavy (non-hydrogen) atoms. The van der Waals surface area contributed by atoms with E-state index in [4.69, 9.17) is 0 Å². The fourth-order valence-electron chi connectivity index (χ4n) is 3.25. The normalized spacial score (nSPS) is 30.0. The van der Waals surface area contributed by atoms with Gasteiger partial charge in [-0.15, -0.1) is 0 Å². The van der Waals surface area contributed by atoms with Gasteiger partial charge in [-0.05, 0) is 47.4 Å². The number of thiophene rings is 1. The maximum absolute atomic E-state index is 12.7. The topological polar surface area (TPSA) is 32.3 Å². The van der Waals surface area contributed by atoms with Crippen molar-refractivity contribution in [1.29, 1.82) is 0 Å². The first-order chi connectivity index (χ1) is 10.3. The number of rotatable bonds is 5. The molecule has 2 fully saturated rings. The van der Waals surface area contributed by atoms with E-state index in [2.05, 4.69) is 34.0 Å². The van der Waals surface area contributed by atoms with Crippen molar-refractivity contribution in [3.8, 4) is 0 Å². The van der Waals surface area contributed by atoms with Crippen molar-refractivity contribution in [2.24, 2.45) is 0 Å². The molecule has 3 atom stereocenters. The second kappa shape index (κ2) is 7.16. The molecule has 3 nitrogen and oxygen atoms in total. The molecular formula is C16H24N2OS2. The van der Waals surface area contributed by atoms with Crippen LogP contribution in [0.25, 0.3) is 0 Å². The summed E-state index contributed by atoms with van der Waals surface area (Å²) in [5.74, 6) is 1.56. The molecule has 0 aromatic carbocycles. The van der Waals surface area contributed by atoms with E-state index in [0.29, 0.717) is 11.2 Å². The molecule has 0 spiro atoms. The number of nitrogens with one attached hydrogen (secondary N) is 1. The van der Waals surface area contributed by atoms with Gasteiger partial charge in [-0.25, -0.2) is 0 Å². The Kier molecular flexibility index (Phi) is 5.24. The van der Waals surface area contributed by atoms with E-state index >= 15 is 0 Å². The Balaban J connectivity index is 1.74. The molecule has 3 unspecified atom stereocenters. The lowest BCUT2D eigenvalue weighted by Crippen LogP contribution is -2.37. The van der Waals surface area contributed by atoms with Gasteiger partial charge >= 0.3 is 0 Å². The summed E-state index contributed by atoms with van der Waals surface area (Å²) < 4.78 is 0. The van der Waals surface area contributed by atoms with Gasteiger partial charge in [-0.1, -0.05) is 19.8 Å². The van der Waals surface area contributed by atoms with Crippen molar-refractivity contribution in [3.63, 3.8) is 0 Å². The molecule has 0 aliphatic carbocycles. The van der Waals surface area contributed by atoms with Gasteiger partial charge in [0, 0.05) is 11.8 Å². The van der Waals surface area contributed by atoms with Gasteiger partial charge in [-0.2, -0.15) is 23.1 Å². The molecule has 116 valence electrons. The summed E-state index contributed by atoms with van der Waals surface area (Å²) in [7, 11) is 0. The average molecular weight is 325 g/mol. The molecule has 0 saturated carbocycles. The number of carbonyl (C=O) groups excluding carboxylic acids is 1. The third kappa shape index (κ3) is 3.46. The zero-order chi connectivity index (χ0) is 14.7.